The maximum absolute atomic E-state index is 10.7. The molecular weight excluding hydrogens is 520 g/mol. The summed E-state index contributed by atoms with van der Waals surface area (Å²) in [5.41, 5.74) is -9.59. The van der Waals surface area contributed by atoms with Crippen LogP contribution in [0.3, 0.4) is 0 Å². The molecule has 3 rings (SSSR count). The Kier molecular flexibility index (Phi) is 10.4. The van der Waals surface area contributed by atoms with E-state index >= 15 is 0 Å². The van der Waals surface area contributed by atoms with Crippen LogP contribution in [0.15, 0.2) is 43.2 Å². The van der Waals surface area contributed by atoms with Gasteiger partial charge in [0.2, 0.25) is 12.7 Å². The van der Waals surface area contributed by atoms with Gasteiger partial charge in [-0.3, -0.25) is 20.1 Å². The molecule has 21 heteroatoms. The lowest BCUT2D eigenvalue weighted by Gasteiger charge is -2.08. The summed E-state index contributed by atoms with van der Waals surface area (Å²) in [4.78, 5) is 21.3. The highest BCUT2D eigenvalue weighted by Gasteiger charge is 2.37. The van der Waals surface area contributed by atoms with Crippen LogP contribution in [-0.4, -0.2) is 51.8 Å². The second-order valence-electron chi connectivity index (χ2n) is 5.03. The SMILES string of the molecule is O=S(=O)([O-])C(F)(F)F.O=S(=O)([O-])C(F)(F)F.O=[N+]([O-])c1ccc2[nH+]c[nH]c2c1.c1c[nH+]c[nH]1. The van der Waals surface area contributed by atoms with Crippen LogP contribution in [0.5, 0.6) is 0 Å². The lowest BCUT2D eigenvalue weighted by molar-refractivity contribution is -0.385. The molecule has 3 aromatic rings. The molecule has 13 nitrogen and oxygen atoms in total. The summed E-state index contributed by atoms with van der Waals surface area (Å²) >= 11 is 0. The summed E-state index contributed by atoms with van der Waals surface area (Å²) in [6, 6.07) is 4.63. The second kappa shape index (κ2) is 11.5. The number of rotatable bonds is 1. The molecule has 0 aliphatic carbocycles. The molecule has 2 aromatic heterocycles. The van der Waals surface area contributed by atoms with Crippen LogP contribution < -0.4 is 9.97 Å². The fourth-order valence-corrected chi connectivity index (χ4v) is 1.32. The van der Waals surface area contributed by atoms with Crippen molar-refractivity contribution in [3.8, 4) is 0 Å². The van der Waals surface area contributed by atoms with E-state index in [1.54, 1.807) is 18.7 Å². The molecule has 0 amide bonds. The van der Waals surface area contributed by atoms with E-state index in [4.69, 9.17) is 25.9 Å². The Balaban J connectivity index is 0.000000434. The maximum Gasteiger partial charge on any atom is 0.485 e. The van der Waals surface area contributed by atoms with Gasteiger partial charge in [-0.05, 0) is 6.07 Å². The van der Waals surface area contributed by atoms with E-state index in [9.17, 15) is 36.5 Å². The molecule has 0 aliphatic rings. The Bertz CT molecular complexity index is 1160. The number of hydrogen-bond donors (Lipinski definition) is 2. The Hall–Kier alpha value is -3.30. The highest BCUT2D eigenvalue weighted by molar-refractivity contribution is 7.86. The third-order valence-electron chi connectivity index (χ3n) is 2.68. The van der Waals surface area contributed by atoms with Gasteiger partial charge in [0.05, 0.1) is 11.0 Å². The van der Waals surface area contributed by atoms with Crippen molar-refractivity contribution in [1.29, 1.82) is 0 Å². The highest BCUT2D eigenvalue weighted by atomic mass is 32.2. The molecule has 1 aromatic carbocycles. The summed E-state index contributed by atoms with van der Waals surface area (Å²) in [5.74, 6) is 0. The number of aromatic nitrogens is 4. The highest BCUT2D eigenvalue weighted by Crippen LogP contribution is 2.21. The van der Waals surface area contributed by atoms with Crippen molar-refractivity contribution in [3.63, 3.8) is 0 Å². The minimum Gasteiger partial charge on any atom is -0.741 e. The number of benzene rings is 1. The number of nitrogens with zero attached hydrogens (tertiary/aromatic N) is 1. The Morgan fingerprint density at radius 3 is 1.70 bits per heavy atom. The van der Waals surface area contributed by atoms with Crippen molar-refractivity contribution in [2.24, 2.45) is 0 Å². The summed E-state index contributed by atoms with van der Waals surface area (Å²) in [7, 11) is -12.2. The molecular formula is C12H11F6N5O8S2. The van der Waals surface area contributed by atoms with Gasteiger partial charge < -0.3 is 9.11 Å². The van der Waals surface area contributed by atoms with Crippen LogP contribution in [-0.2, 0) is 20.2 Å². The van der Waals surface area contributed by atoms with Gasteiger partial charge in [-0.1, -0.05) is 0 Å². The fraction of sp³-hybridized carbons (Fsp3) is 0.167. The predicted octanol–water partition coefficient (Wildman–Crippen LogP) is 0.822. The monoisotopic (exact) mass is 531 g/mol. The van der Waals surface area contributed by atoms with E-state index in [0.717, 1.165) is 11.0 Å². The minimum atomic E-state index is -6.09. The number of halogens is 6. The number of H-pyrrole nitrogens is 4. The molecule has 2 heterocycles. The van der Waals surface area contributed by atoms with E-state index < -0.39 is 36.2 Å². The quantitative estimate of drug-likeness (QED) is 0.150. The smallest absolute Gasteiger partial charge is 0.485 e. The zero-order valence-corrected chi connectivity index (χ0v) is 17.0. The normalized spacial score (nSPS) is 11.8. The van der Waals surface area contributed by atoms with Crippen molar-refractivity contribution < 1.29 is 67.2 Å². The molecule has 4 N–H and O–H groups in total. The molecule has 0 spiro atoms. The van der Waals surface area contributed by atoms with Gasteiger partial charge in [0.1, 0.15) is 12.4 Å². The largest absolute Gasteiger partial charge is 0.741 e. The molecule has 0 unspecified atom stereocenters. The van der Waals surface area contributed by atoms with Crippen LogP contribution in [0.4, 0.5) is 32.0 Å². The van der Waals surface area contributed by atoms with Crippen LogP contribution >= 0.6 is 0 Å². The van der Waals surface area contributed by atoms with Gasteiger partial charge in [0, 0.05) is 6.07 Å². The summed E-state index contributed by atoms with van der Waals surface area (Å²) in [5, 5.41) is 10.3. The first-order valence-corrected chi connectivity index (χ1v) is 10.3. The van der Waals surface area contributed by atoms with E-state index in [2.05, 4.69) is 19.9 Å². The van der Waals surface area contributed by atoms with Crippen LogP contribution in [0.25, 0.3) is 11.0 Å². The lowest BCUT2D eigenvalue weighted by Crippen LogP contribution is -2.21. The molecule has 33 heavy (non-hydrogen) atoms. The van der Waals surface area contributed by atoms with Crippen molar-refractivity contribution in [2.45, 2.75) is 11.0 Å². The molecule has 0 radical (unpaired) electrons. The third-order valence-corrected chi connectivity index (χ3v) is 3.81. The fourth-order valence-electron chi connectivity index (χ4n) is 1.32. The average Bonchev–Trinajstić information content (AvgIpc) is 3.33. The van der Waals surface area contributed by atoms with E-state index in [1.807, 2.05) is 12.4 Å². The standard InChI is InChI=1S/C7H5N3O2.C3H4N2.2CHF3O3S/c11-10(12)5-1-2-6-7(3-5)9-4-8-6;1-2-5-3-4-1;2*2-1(3,4)8(5,6)7/h1-4H,(H,8,9);1-3H,(H,4,5);2*(H,5,6,7). The molecule has 0 atom stereocenters. The summed E-state index contributed by atoms with van der Waals surface area (Å²) in [6.45, 7) is 0. The first-order chi connectivity index (χ1) is 14.8. The van der Waals surface area contributed by atoms with Crippen molar-refractivity contribution >= 4 is 37.0 Å². The summed E-state index contributed by atoms with van der Waals surface area (Å²) < 4.78 is 118. The molecule has 0 saturated carbocycles. The van der Waals surface area contributed by atoms with Crippen molar-refractivity contribution in [1.82, 2.24) is 9.97 Å². The lowest BCUT2D eigenvalue weighted by atomic mass is 10.3. The van der Waals surface area contributed by atoms with Crippen LogP contribution in [0.2, 0.25) is 0 Å². The van der Waals surface area contributed by atoms with Crippen LogP contribution in [0, 0.1) is 10.1 Å². The van der Waals surface area contributed by atoms with Gasteiger partial charge in [-0.2, -0.15) is 26.3 Å². The average molecular weight is 531 g/mol. The first-order valence-electron chi connectivity index (χ1n) is 7.43. The van der Waals surface area contributed by atoms with E-state index in [0.29, 0.717) is 0 Å². The van der Waals surface area contributed by atoms with Gasteiger partial charge in [0.25, 0.3) is 5.69 Å². The molecule has 0 saturated heterocycles. The number of non-ortho nitro benzene ring substituents is 1. The Labute approximate surface area is 179 Å². The van der Waals surface area contributed by atoms with Gasteiger partial charge in [-0.15, -0.1) is 0 Å². The zero-order chi connectivity index (χ0) is 26.1. The van der Waals surface area contributed by atoms with Crippen molar-refractivity contribution in [2.75, 3.05) is 0 Å². The number of aromatic amines is 4. The number of hydrogen-bond acceptors (Lipinski definition) is 8. The van der Waals surface area contributed by atoms with Crippen LogP contribution in [0.1, 0.15) is 0 Å². The number of nitro benzene ring substituents is 1. The number of alkyl halides is 6. The number of nitro groups is 1. The number of nitrogens with one attached hydrogen (secondary N) is 4. The van der Waals surface area contributed by atoms with Gasteiger partial charge in [0.15, 0.2) is 31.3 Å². The molecule has 0 fully saturated rings. The van der Waals surface area contributed by atoms with E-state index in [1.165, 1.54) is 12.1 Å². The molecule has 0 aliphatic heterocycles. The van der Waals surface area contributed by atoms with Crippen molar-refractivity contribution in [3.05, 3.63) is 53.4 Å². The van der Waals surface area contributed by atoms with Gasteiger partial charge >= 0.3 is 11.0 Å². The first kappa shape index (κ1) is 29.7. The predicted molar refractivity (Wildman–Crippen MR) is 90.4 cm³/mol. The Morgan fingerprint density at radius 1 is 0.909 bits per heavy atom. The van der Waals surface area contributed by atoms with Gasteiger partial charge in [-0.25, -0.2) is 26.8 Å². The van der Waals surface area contributed by atoms with E-state index in [-0.39, 0.29) is 5.69 Å². The second-order valence-corrected chi connectivity index (χ2v) is 7.77. The minimum absolute atomic E-state index is 0.0957. The topological polar surface area (TPSA) is 217 Å². The maximum atomic E-state index is 10.7. The Morgan fingerprint density at radius 2 is 1.39 bits per heavy atom. The summed E-state index contributed by atoms with van der Waals surface area (Å²) in [6.07, 6.45) is 7.02. The zero-order valence-electron chi connectivity index (χ0n) is 15.3. The third kappa shape index (κ3) is 11.2. The molecule has 186 valence electrons. The number of fused-ring (bicyclic) bond motifs is 1. The molecule has 0 bridgehead atoms. The number of imidazole rings is 2.